The molecule has 1 atom stereocenters. The molecule has 1 unspecified atom stereocenters. The van der Waals surface area contributed by atoms with Crippen LogP contribution < -0.4 is 4.90 Å². The number of nitrogens with zero attached hydrogens (tertiary/aromatic N) is 3. The molecule has 88 valence electrons. The van der Waals surface area contributed by atoms with Crippen LogP contribution in [0.4, 0.5) is 5.82 Å². The van der Waals surface area contributed by atoms with Crippen molar-refractivity contribution in [2.75, 3.05) is 25.2 Å². The fraction of sp³-hybridized carbons (Fsp3) is 0.636. The molecule has 1 aromatic rings. The van der Waals surface area contributed by atoms with Gasteiger partial charge >= 0.3 is 0 Å². The van der Waals surface area contributed by atoms with E-state index in [1.807, 2.05) is 14.0 Å². The summed E-state index contributed by atoms with van der Waals surface area (Å²) in [6, 6.07) is 2.20. The van der Waals surface area contributed by atoms with Crippen LogP contribution >= 0.6 is 11.6 Å². The zero-order chi connectivity index (χ0) is 11.5. The summed E-state index contributed by atoms with van der Waals surface area (Å²) in [7, 11) is 2.03. The normalized spacial score (nSPS) is 20.1. The Balaban J connectivity index is 2.21. The first-order valence-electron chi connectivity index (χ1n) is 5.54. The second-order valence-corrected chi connectivity index (χ2v) is 4.33. The van der Waals surface area contributed by atoms with Gasteiger partial charge in [0.1, 0.15) is 16.8 Å². The minimum Gasteiger partial charge on any atom is -0.379 e. The summed E-state index contributed by atoms with van der Waals surface area (Å²) in [4.78, 5) is 10.8. The number of hydrogen-bond acceptors (Lipinski definition) is 4. The summed E-state index contributed by atoms with van der Waals surface area (Å²) in [5, 5.41) is 0.507. The van der Waals surface area contributed by atoms with Gasteiger partial charge in [0.25, 0.3) is 0 Å². The third-order valence-electron chi connectivity index (χ3n) is 2.86. The van der Waals surface area contributed by atoms with Crippen LogP contribution in [0.2, 0.25) is 5.15 Å². The van der Waals surface area contributed by atoms with Crippen LogP contribution in [0, 0.1) is 0 Å². The highest BCUT2D eigenvalue weighted by atomic mass is 35.5. The van der Waals surface area contributed by atoms with Gasteiger partial charge in [0.15, 0.2) is 0 Å². The van der Waals surface area contributed by atoms with Crippen molar-refractivity contribution in [3.8, 4) is 0 Å². The van der Waals surface area contributed by atoms with Crippen molar-refractivity contribution in [2.24, 2.45) is 0 Å². The molecule has 0 radical (unpaired) electrons. The first-order chi connectivity index (χ1) is 7.70. The Bertz CT molecular complexity index is 366. The zero-order valence-corrected chi connectivity index (χ0v) is 10.4. The van der Waals surface area contributed by atoms with E-state index in [9.17, 15) is 0 Å². The van der Waals surface area contributed by atoms with Crippen molar-refractivity contribution >= 4 is 17.4 Å². The summed E-state index contributed by atoms with van der Waals surface area (Å²) in [6.07, 6.45) is 1.84. The van der Waals surface area contributed by atoms with Crippen molar-refractivity contribution in [1.82, 2.24) is 9.97 Å². The van der Waals surface area contributed by atoms with Gasteiger partial charge in [0, 0.05) is 26.1 Å². The van der Waals surface area contributed by atoms with E-state index in [2.05, 4.69) is 14.9 Å². The van der Waals surface area contributed by atoms with Crippen molar-refractivity contribution in [3.05, 3.63) is 17.0 Å². The van der Waals surface area contributed by atoms with Gasteiger partial charge in [-0.05, 0) is 6.42 Å². The molecule has 0 aromatic carbocycles. The topological polar surface area (TPSA) is 38.2 Å². The number of rotatable bonds is 3. The summed E-state index contributed by atoms with van der Waals surface area (Å²) in [5.74, 6) is 1.67. The van der Waals surface area contributed by atoms with Gasteiger partial charge < -0.3 is 9.64 Å². The minimum atomic E-state index is 0.399. The lowest BCUT2D eigenvalue weighted by Crippen LogP contribution is -2.32. The highest BCUT2D eigenvalue weighted by Crippen LogP contribution is 2.20. The largest absolute Gasteiger partial charge is 0.379 e. The van der Waals surface area contributed by atoms with Crippen LogP contribution in [0.5, 0.6) is 0 Å². The number of aromatic nitrogens is 2. The number of hydrogen-bond donors (Lipinski definition) is 0. The monoisotopic (exact) mass is 241 g/mol. The first-order valence-corrected chi connectivity index (χ1v) is 5.92. The highest BCUT2D eigenvalue weighted by molar-refractivity contribution is 6.29. The molecule has 5 heteroatoms. The fourth-order valence-corrected chi connectivity index (χ4v) is 2.00. The Kier molecular flexibility index (Phi) is 3.61. The molecule has 0 spiro atoms. The molecule has 0 N–H and O–H groups in total. The molecular formula is C11H16ClN3O. The second-order valence-electron chi connectivity index (χ2n) is 3.95. The lowest BCUT2D eigenvalue weighted by molar-refractivity contribution is 0.193. The molecule has 2 heterocycles. The molecule has 1 saturated heterocycles. The maximum Gasteiger partial charge on any atom is 0.134 e. The minimum absolute atomic E-state index is 0.399. The van der Waals surface area contributed by atoms with Crippen LogP contribution in [0.15, 0.2) is 6.07 Å². The molecule has 1 aromatic heterocycles. The average Bonchev–Trinajstić information content (AvgIpc) is 2.80. The number of halogens is 1. The molecule has 0 bridgehead atoms. The first kappa shape index (κ1) is 11.6. The molecule has 16 heavy (non-hydrogen) atoms. The maximum atomic E-state index is 5.97. The van der Waals surface area contributed by atoms with Crippen LogP contribution in [-0.4, -0.2) is 36.3 Å². The van der Waals surface area contributed by atoms with E-state index < -0.39 is 0 Å². The Labute approximate surface area is 101 Å². The third kappa shape index (κ3) is 2.44. The average molecular weight is 242 g/mol. The zero-order valence-electron chi connectivity index (χ0n) is 9.61. The lowest BCUT2D eigenvalue weighted by Gasteiger charge is -2.24. The van der Waals surface area contributed by atoms with Crippen molar-refractivity contribution < 1.29 is 4.74 Å². The molecule has 0 aliphatic carbocycles. The van der Waals surface area contributed by atoms with Crippen LogP contribution in [0.1, 0.15) is 19.2 Å². The van der Waals surface area contributed by atoms with Gasteiger partial charge in [0.05, 0.1) is 12.6 Å². The second kappa shape index (κ2) is 4.97. The Morgan fingerprint density at radius 2 is 2.38 bits per heavy atom. The van der Waals surface area contributed by atoms with Crippen molar-refractivity contribution in [1.29, 1.82) is 0 Å². The molecule has 2 rings (SSSR count). The quantitative estimate of drug-likeness (QED) is 0.758. The maximum absolute atomic E-state index is 5.97. The van der Waals surface area contributed by atoms with Crippen molar-refractivity contribution in [3.63, 3.8) is 0 Å². The molecule has 1 aliphatic heterocycles. The fourth-order valence-electron chi connectivity index (χ4n) is 1.80. The number of aryl methyl sites for hydroxylation is 1. The van der Waals surface area contributed by atoms with Gasteiger partial charge in [-0.25, -0.2) is 9.97 Å². The third-order valence-corrected chi connectivity index (χ3v) is 3.05. The lowest BCUT2D eigenvalue weighted by atomic mass is 10.2. The molecule has 1 aliphatic rings. The van der Waals surface area contributed by atoms with E-state index in [0.29, 0.717) is 11.2 Å². The van der Waals surface area contributed by atoms with Gasteiger partial charge in [0.2, 0.25) is 0 Å². The van der Waals surface area contributed by atoms with E-state index in [4.69, 9.17) is 16.3 Å². The van der Waals surface area contributed by atoms with Crippen LogP contribution in [0.3, 0.4) is 0 Å². The Morgan fingerprint density at radius 1 is 1.56 bits per heavy atom. The molecule has 0 amide bonds. The van der Waals surface area contributed by atoms with Gasteiger partial charge in [-0.2, -0.15) is 0 Å². The number of ether oxygens (including phenoxy) is 1. The summed E-state index contributed by atoms with van der Waals surface area (Å²) in [6.45, 7) is 3.61. The van der Waals surface area contributed by atoms with Gasteiger partial charge in [-0.3, -0.25) is 0 Å². The SMILES string of the molecule is CCc1nc(Cl)cc(N(C)C2CCOC2)n1. The Hall–Kier alpha value is -0.870. The predicted molar refractivity (Wildman–Crippen MR) is 64.0 cm³/mol. The van der Waals surface area contributed by atoms with Crippen molar-refractivity contribution in [2.45, 2.75) is 25.8 Å². The van der Waals surface area contributed by atoms with E-state index in [0.717, 1.165) is 37.7 Å². The Morgan fingerprint density at radius 3 is 3.00 bits per heavy atom. The number of anilines is 1. The number of likely N-dealkylation sites (N-methyl/N-ethyl adjacent to an activating group) is 1. The summed E-state index contributed by atoms with van der Waals surface area (Å²) >= 11 is 5.97. The van der Waals surface area contributed by atoms with Gasteiger partial charge in [-0.1, -0.05) is 18.5 Å². The van der Waals surface area contributed by atoms with Crippen LogP contribution in [-0.2, 0) is 11.2 Å². The molecule has 0 saturated carbocycles. The smallest absolute Gasteiger partial charge is 0.134 e. The van der Waals surface area contributed by atoms with Crippen LogP contribution in [0.25, 0.3) is 0 Å². The standard InChI is InChI=1S/C11H16ClN3O/c1-3-10-13-9(12)6-11(14-10)15(2)8-4-5-16-7-8/h6,8H,3-5,7H2,1-2H3. The van der Waals surface area contributed by atoms with E-state index in [1.165, 1.54) is 0 Å². The molecule has 1 fully saturated rings. The summed E-state index contributed by atoms with van der Waals surface area (Å²) < 4.78 is 5.37. The van der Waals surface area contributed by atoms with E-state index >= 15 is 0 Å². The highest BCUT2D eigenvalue weighted by Gasteiger charge is 2.21. The predicted octanol–water partition coefficient (Wildman–Crippen LogP) is 1.92. The van der Waals surface area contributed by atoms with Gasteiger partial charge in [-0.15, -0.1) is 0 Å². The van der Waals surface area contributed by atoms with E-state index in [-0.39, 0.29) is 0 Å². The summed E-state index contributed by atoms with van der Waals surface area (Å²) in [5.41, 5.74) is 0. The molecular weight excluding hydrogens is 226 g/mol. The van der Waals surface area contributed by atoms with E-state index in [1.54, 1.807) is 6.07 Å². The molecule has 4 nitrogen and oxygen atoms in total.